The first-order valence-electron chi connectivity index (χ1n) is 12.3. The number of aromatic hydroxyl groups is 1. The predicted octanol–water partition coefficient (Wildman–Crippen LogP) is 2.64. The Labute approximate surface area is 197 Å². The van der Waals surface area contributed by atoms with Crippen LogP contribution in [0.15, 0.2) is 28.2 Å². The highest BCUT2D eigenvalue weighted by molar-refractivity contribution is 5.97. The summed E-state index contributed by atoms with van der Waals surface area (Å²) in [7, 11) is 0. The molecule has 0 unspecified atom stereocenters. The Kier molecular flexibility index (Phi) is 7.01. The molecule has 5 atom stereocenters. The molecule has 7 nitrogen and oxygen atoms in total. The third-order valence-electron chi connectivity index (χ3n) is 7.31. The Bertz CT molecular complexity index is 907. The predicted molar refractivity (Wildman–Crippen MR) is 128 cm³/mol. The summed E-state index contributed by atoms with van der Waals surface area (Å²) in [6.45, 7) is 9.17. The number of aliphatic hydroxyl groups is 1. The minimum atomic E-state index is -0.745. The Morgan fingerprint density at radius 1 is 1.27 bits per heavy atom. The Morgan fingerprint density at radius 3 is 2.73 bits per heavy atom. The highest BCUT2D eigenvalue weighted by Gasteiger charge is 2.39. The fourth-order valence-electron chi connectivity index (χ4n) is 5.51. The lowest BCUT2D eigenvalue weighted by molar-refractivity contribution is -0.229. The summed E-state index contributed by atoms with van der Waals surface area (Å²) in [5.74, 6) is 1.74. The molecule has 0 amide bonds. The van der Waals surface area contributed by atoms with E-state index in [0.29, 0.717) is 29.8 Å². The summed E-state index contributed by atoms with van der Waals surface area (Å²) in [6, 6.07) is 4.57. The van der Waals surface area contributed by atoms with Crippen LogP contribution in [0.25, 0.3) is 0 Å². The molecule has 33 heavy (non-hydrogen) atoms. The standard InChI is InChI=1S/C26H39N3O4/c1-16-19(10-7-11-22(16)30)25-27-20(15-33-25)23(31)14-29-13-18-9-6-5-8-17(18)12-21(29)24(32)28-26(2,3)4/h7,10-11,17-18,20-21,23,30-31H,5-6,8-9,12-15H2,1-4H3,(H,28,32)/p-1/t17-,18+,20-,21-,23+/m0/s1. The Balaban J connectivity index is 1.50. The van der Waals surface area contributed by atoms with Crippen LogP contribution in [0.1, 0.15) is 64.0 Å². The van der Waals surface area contributed by atoms with Gasteiger partial charge < -0.3 is 20.1 Å². The number of phenolic OH excluding ortho intramolecular Hbond substituents is 1. The quantitative estimate of drug-likeness (QED) is 0.524. The Hall–Kier alpha value is -2.12. The van der Waals surface area contributed by atoms with E-state index in [1.807, 2.05) is 33.8 Å². The van der Waals surface area contributed by atoms with Gasteiger partial charge in [-0.3, -0.25) is 9.89 Å². The SMILES string of the molecule is Cc1c(O)cccc1C1=N[C@H]([C@H](O)CN2C[C@H]3CCCC[C@H]3C[C@H]2C([O-])=NC(C)(C)C)CO1. The average Bonchev–Trinajstić information content (AvgIpc) is 3.24. The normalized spacial score (nSPS) is 29.8. The molecule has 1 saturated carbocycles. The van der Waals surface area contributed by atoms with Gasteiger partial charge in [0.25, 0.3) is 0 Å². The third kappa shape index (κ3) is 5.52. The van der Waals surface area contributed by atoms with Gasteiger partial charge in [-0.2, -0.15) is 0 Å². The summed E-state index contributed by atoms with van der Waals surface area (Å²) in [5, 5.41) is 34.2. The molecular weight excluding hydrogens is 418 g/mol. The monoisotopic (exact) mass is 456 g/mol. The van der Waals surface area contributed by atoms with Crippen LogP contribution in [0.5, 0.6) is 5.75 Å². The van der Waals surface area contributed by atoms with Gasteiger partial charge in [0, 0.05) is 30.3 Å². The van der Waals surface area contributed by atoms with E-state index in [2.05, 4.69) is 14.9 Å². The summed E-state index contributed by atoms with van der Waals surface area (Å²) >= 11 is 0. The molecule has 0 bridgehead atoms. The lowest BCUT2D eigenvalue weighted by Gasteiger charge is -2.48. The number of aliphatic imine (C=N–C) groups is 2. The second-order valence-electron chi connectivity index (χ2n) is 11.0. The second kappa shape index (κ2) is 9.63. The number of hydrogen-bond acceptors (Lipinski definition) is 7. The summed E-state index contributed by atoms with van der Waals surface area (Å²) < 4.78 is 5.80. The first-order chi connectivity index (χ1) is 15.6. The van der Waals surface area contributed by atoms with E-state index in [1.54, 1.807) is 12.1 Å². The fourth-order valence-corrected chi connectivity index (χ4v) is 5.51. The van der Waals surface area contributed by atoms with E-state index in [0.717, 1.165) is 18.5 Å². The van der Waals surface area contributed by atoms with Crippen molar-refractivity contribution in [2.45, 2.75) is 83.5 Å². The van der Waals surface area contributed by atoms with Gasteiger partial charge in [0.15, 0.2) is 0 Å². The number of fused-ring (bicyclic) bond motifs is 1. The number of nitrogens with zero attached hydrogens (tertiary/aromatic N) is 3. The molecule has 182 valence electrons. The average molecular weight is 457 g/mol. The van der Waals surface area contributed by atoms with Gasteiger partial charge in [-0.05, 0) is 70.4 Å². The van der Waals surface area contributed by atoms with E-state index < -0.39 is 17.7 Å². The van der Waals surface area contributed by atoms with Crippen molar-refractivity contribution in [1.82, 2.24) is 4.90 Å². The van der Waals surface area contributed by atoms with Crippen LogP contribution in [-0.2, 0) is 4.74 Å². The molecule has 0 spiro atoms. The number of aliphatic hydroxyl groups excluding tert-OH is 1. The fraction of sp³-hybridized carbons (Fsp3) is 0.692. The Morgan fingerprint density at radius 2 is 2.00 bits per heavy atom. The van der Waals surface area contributed by atoms with Crippen molar-refractivity contribution >= 4 is 11.8 Å². The molecule has 2 N–H and O–H groups in total. The molecule has 2 aliphatic heterocycles. The zero-order valence-corrected chi connectivity index (χ0v) is 20.3. The lowest BCUT2D eigenvalue weighted by atomic mass is 9.72. The van der Waals surface area contributed by atoms with Gasteiger partial charge in [0.1, 0.15) is 18.4 Å². The number of piperidine rings is 1. The largest absolute Gasteiger partial charge is 0.861 e. The molecule has 2 heterocycles. The van der Waals surface area contributed by atoms with E-state index in [-0.39, 0.29) is 24.3 Å². The first-order valence-corrected chi connectivity index (χ1v) is 12.3. The zero-order chi connectivity index (χ0) is 23.8. The number of phenols is 1. The molecule has 1 saturated heterocycles. The van der Waals surface area contributed by atoms with Crippen LogP contribution in [0.3, 0.4) is 0 Å². The lowest BCUT2D eigenvalue weighted by Crippen LogP contribution is -2.57. The van der Waals surface area contributed by atoms with Gasteiger partial charge >= 0.3 is 0 Å². The molecule has 0 radical (unpaired) electrons. The number of hydrogen-bond donors (Lipinski definition) is 2. The third-order valence-corrected chi connectivity index (χ3v) is 7.31. The van der Waals surface area contributed by atoms with Crippen LogP contribution >= 0.6 is 0 Å². The molecule has 2 fully saturated rings. The summed E-state index contributed by atoms with van der Waals surface area (Å²) in [5.41, 5.74) is 1.03. The van der Waals surface area contributed by atoms with Crippen LogP contribution in [0.4, 0.5) is 0 Å². The molecule has 1 aromatic rings. The van der Waals surface area contributed by atoms with Crippen molar-refractivity contribution in [1.29, 1.82) is 0 Å². The summed E-state index contributed by atoms with van der Waals surface area (Å²) in [4.78, 5) is 11.2. The van der Waals surface area contributed by atoms with Crippen LogP contribution < -0.4 is 5.11 Å². The van der Waals surface area contributed by atoms with Gasteiger partial charge in [-0.15, -0.1) is 0 Å². The number of ether oxygens (including phenoxy) is 1. The topological polar surface area (TPSA) is 101 Å². The van der Waals surface area contributed by atoms with Crippen molar-refractivity contribution in [2.75, 3.05) is 19.7 Å². The van der Waals surface area contributed by atoms with Gasteiger partial charge in [0.2, 0.25) is 5.90 Å². The van der Waals surface area contributed by atoms with Crippen molar-refractivity contribution in [3.8, 4) is 5.75 Å². The highest BCUT2D eigenvalue weighted by atomic mass is 16.5. The molecule has 0 aromatic heterocycles. The maximum atomic E-state index is 13.1. The molecule has 3 aliphatic rings. The molecular formula is C26H38N3O4-. The van der Waals surface area contributed by atoms with Crippen molar-refractivity contribution < 1.29 is 20.1 Å². The maximum absolute atomic E-state index is 13.1. The number of rotatable bonds is 5. The minimum Gasteiger partial charge on any atom is -0.861 e. The minimum absolute atomic E-state index is 0.0685. The number of β-amino-alcohol motifs (C(OH)–C–C–N with tert-alkyl or cyclic N) is 1. The molecule has 4 rings (SSSR count). The smallest absolute Gasteiger partial charge is 0.217 e. The molecule has 1 aromatic carbocycles. The van der Waals surface area contributed by atoms with Crippen molar-refractivity contribution in [3.05, 3.63) is 29.3 Å². The maximum Gasteiger partial charge on any atom is 0.217 e. The van der Waals surface area contributed by atoms with Crippen molar-refractivity contribution in [3.63, 3.8) is 0 Å². The van der Waals surface area contributed by atoms with Crippen LogP contribution in [0, 0.1) is 18.8 Å². The molecule has 7 heteroatoms. The van der Waals surface area contributed by atoms with Gasteiger partial charge in [-0.1, -0.05) is 25.3 Å². The van der Waals surface area contributed by atoms with Crippen molar-refractivity contribution in [2.24, 2.45) is 21.8 Å². The number of likely N-dealkylation sites (tertiary alicyclic amines) is 1. The second-order valence-corrected chi connectivity index (χ2v) is 11.0. The van der Waals surface area contributed by atoms with Crippen LogP contribution in [0.2, 0.25) is 0 Å². The van der Waals surface area contributed by atoms with E-state index in [1.165, 1.54) is 25.7 Å². The van der Waals surface area contributed by atoms with Crippen LogP contribution in [-0.4, -0.2) is 70.3 Å². The van der Waals surface area contributed by atoms with E-state index >= 15 is 0 Å². The van der Waals surface area contributed by atoms with Gasteiger partial charge in [-0.25, -0.2) is 4.99 Å². The molecule has 1 aliphatic carbocycles. The number of benzene rings is 1. The zero-order valence-electron chi connectivity index (χ0n) is 20.3. The first kappa shape index (κ1) is 24.0. The highest BCUT2D eigenvalue weighted by Crippen LogP contribution is 2.39. The van der Waals surface area contributed by atoms with E-state index in [4.69, 9.17) is 4.74 Å². The summed E-state index contributed by atoms with van der Waals surface area (Å²) in [6.07, 6.45) is 4.95. The van der Waals surface area contributed by atoms with E-state index in [9.17, 15) is 15.3 Å². The van der Waals surface area contributed by atoms with Gasteiger partial charge in [0.05, 0.1) is 11.6 Å².